The molecule has 0 atom stereocenters. The molecule has 0 aliphatic heterocycles. The summed E-state index contributed by atoms with van der Waals surface area (Å²) < 4.78 is 4.37. The van der Waals surface area contributed by atoms with Gasteiger partial charge in [0, 0.05) is 31.8 Å². The van der Waals surface area contributed by atoms with Gasteiger partial charge in [-0.05, 0) is 18.6 Å². The highest BCUT2D eigenvalue weighted by Gasteiger charge is 2.14. The third kappa shape index (κ3) is 3.16. The normalized spacial score (nSPS) is 11.5. The summed E-state index contributed by atoms with van der Waals surface area (Å²) in [6.07, 6.45) is 2.24. The van der Waals surface area contributed by atoms with E-state index in [1.54, 1.807) is 36.8 Å². The van der Waals surface area contributed by atoms with Crippen LogP contribution in [0.4, 0.5) is 0 Å². The molecule has 0 radical (unpaired) electrons. The van der Waals surface area contributed by atoms with Gasteiger partial charge in [-0.25, -0.2) is 14.8 Å². The highest BCUT2D eigenvalue weighted by atomic mass is 32.2. The van der Waals surface area contributed by atoms with Gasteiger partial charge in [-0.2, -0.15) is 0 Å². The van der Waals surface area contributed by atoms with E-state index >= 15 is 0 Å². The number of para-hydroxylation sites is 1. The molecule has 1 aromatic carbocycles. The van der Waals surface area contributed by atoms with Gasteiger partial charge in [0.1, 0.15) is 0 Å². The van der Waals surface area contributed by atoms with Crippen molar-refractivity contribution in [2.24, 2.45) is 14.1 Å². The number of thioether (sulfide) groups is 1. The summed E-state index contributed by atoms with van der Waals surface area (Å²) in [4.78, 5) is 33.9. The monoisotopic (exact) mass is 381 g/mol. The molecule has 0 fully saturated rings. The second-order valence-corrected chi connectivity index (χ2v) is 7.49. The Hall–Kier alpha value is -2.87. The second-order valence-electron chi connectivity index (χ2n) is 6.37. The van der Waals surface area contributed by atoms with Crippen molar-refractivity contribution >= 4 is 33.8 Å². The molecule has 8 heteroatoms. The molecule has 4 aromatic rings. The van der Waals surface area contributed by atoms with E-state index in [9.17, 15) is 9.59 Å². The van der Waals surface area contributed by atoms with Crippen LogP contribution < -0.4 is 11.2 Å². The molecular formula is C19H19N5O2S. The lowest BCUT2D eigenvalue weighted by Gasteiger charge is -2.08. The van der Waals surface area contributed by atoms with Crippen molar-refractivity contribution in [3.63, 3.8) is 0 Å². The lowest BCUT2D eigenvalue weighted by atomic mass is 10.2. The largest absolute Gasteiger partial charge is 0.332 e. The summed E-state index contributed by atoms with van der Waals surface area (Å²) in [5, 5.41) is 2.05. The molecule has 0 amide bonds. The highest BCUT2D eigenvalue weighted by Crippen LogP contribution is 2.20. The highest BCUT2D eigenvalue weighted by molar-refractivity contribution is 7.99. The molecular weight excluding hydrogens is 362 g/mol. The molecule has 0 N–H and O–H groups in total. The summed E-state index contributed by atoms with van der Waals surface area (Å²) in [7, 11) is 3.40. The molecule has 0 bridgehead atoms. The van der Waals surface area contributed by atoms with Crippen molar-refractivity contribution in [1.29, 1.82) is 0 Å². The van der Waals surface area contributed by atoms with E-state index in [4.69, 9.17) is 0 Å². The molecule has 0 aliphatic carbocycles. The Labute approximate surface area is 159 Å². The van der Waals surface area contributed by atoms with Crippen molar-refractivity contribution < 1.29 is 0 Å². The van der Waals surface area contributed by atoms with Gasteiger partial charge in [-0.15, -0.1) is 11.8 Å². The van der Waals surface area contributed by atoms with E-state index in [-0.39, 0.29) is 11.2 Å². The molecule has 7 nitrogen and oxygen atoms in total. The maximum atomic E-state index is 12.7. The molecule has 3 heterocycles. The number of imidazole rings is 1. The van der Waals surface area contributed by atoms with E-state index in [2.05, 4.69) is 16.0 Å². The van der Waals surface area contributed by atoms with E-state index in [1.807, 2.05) is 30.3 Å². The number of aryl methyl sites for hydroxylation is 2. The van der Waals surface area contributed by atoms with Gasteiger partial charge in [-0.3, -0.25) is 13.9 Å². The van der Waals surface area contributed by atoms with Crippen molar-refractivity contribution in [3.05, 3.63) is 63.6 Å². The van der Waals surface area contributed by atoms with Gasteiger partial charge < -0.3 is 4.57 Å². The lowest BCUT2D eigenvalue weighted by molar-refractivity contribution is 0.594. The van der Waals surface area contributed by atoms with Crippen molar-refractivity contribution in [2.45, 2.75) is 18.0 Å². The van der Waals surface area contributed by atoms with Gasteiger partial charge >= 0.3 is 5.69 Å². The molecule has 4 rings (SSSR count). The Kier molecular flexibility index (Phi) is 4.57. The molecule has 0 saturated carbocycles. The van der Waals surface area contributed by atoms with E-state index in [1.165, 1.54) is 9.13 Å². The zero-order valence-corrected chi connectivity index (χ0v) is 15.9. The van der Waals surface area contributed by atoms with Crippen molar-refractivity contribution in [1.82, 2.24) is 23.7 Å². The molecule has 27 heavy (non-hydrogen) atoms. The molecule has 3 aromatic heterocycles. The minimum absolute atomic E-state index is 0.290. The van der Waals surface area contributed by atoms with Crippen LogP contribution in [-0.4, -0.2) is 29.4 Å². The van der Waals surface area contributed by atoms with Crippen LogP contribution in [0.25, 0.3) is 22.1 Å². The van der Waals surface area contributed by atoms with Crippen LogP contribution in [0.1, 0.15) is 6.42 Å². The zero-order valence-electron chi connectivity index (χ0n) is 15.1. The van der Waals surface area contributed by atoms with Crippen LogP contribution in [0, 0.1) is 0 Å². The second kappa shape index (κ2) is 7.03. The van der Waals surface area contributed by atoms with Crippen LogP contribution in [0.3, 0.4) is 0 Å². The molecule has 0 unspecified atom stereocenters. The first-order valence-corrected chi connectivity index (χ1v) is 9.64. The van der Waals surface area contributed by atoms with Crippen LogP contribution in [0.15, 0.2) is 57.3 Å². The summed E-state index contributed by atoms with van der Waals surface area (Å²) >= 11 is 1.63. The summed E-state index contributed by atoms with van der Waals surface area (Å²) in [5.41, 5.74) is 1.20. The SMILES string of the molecule is Cn1cnc2c1c(=O)n(CCCSc1ccc3ccccc3n1)c(=O)n2C. The standard InChI is InChI=1S/C19H19N5O2S/c1-22-12-20-17-16(22)18(25)24(19(26)23(17)2)10-5-11-27-15-9-8-13-6-3-4-7-14(13)21-15/h3-4,6-9,12H,5,10-11H2,1-2H3. The Morgan fingerprint density at radius 2 is 1.89 bits per heavy atom. The molecule has 138 valence electrons. The van der Waals surface area contributed by atoms with Gasteiger partial charge in [0.25, 0.3) is 5.56 Å². The minimum atomic E-state index is -0.333. The van der Waals surface area contributed by atoms with Crippen molar-refractivity contribution in [2.75, 3.05) is 5.75 Å². The number of fused-ring (bicyclic) bond motifs is 2. The number of hydrogen-bond acceptors (Lipinski definition) is 5. The number of hydrogen-bond donors (Lipinski definition) is 0. The topological polar surface area (TPSA) is 74.7 Å². The van der Waals surface area contributed by atoms with E-state index < -0.39 is 0 Å². The van der Waals surface area contributed by atoms with Gasteiger partial charge in [-0.1, -0.05) is 24.3 Å². The van der Waals surface area contributed by atoms with Crippen molar-refractivity contribution in [3.8, 4) is 0 Å². The minimum Gasteiger partial charge on any atom is -0.328 e. The fraction of sp³-hybridized carbons (Fsp3) is 0.263. The van der Waals surface area contributed by atoms with E-state index in [0.717, 1.165) is 21.7 Å². The fourth-order valence-corrected chi connectivity index (χ4v) is 3.93. The van der Waals surface area contributed by atoms with Gasteiger partial charge in [0.05, 0.1) is 16.9 Å². The maximum Gasteiger partial charge on any atom is 0.332 e. The Morgan fingerprint density at radius 1 is 1.07 bits per heavy atom. The zero-order chi connectivity index (χ0) is 19.0. The van der Waals surface area contributed by atoms with Gasteiger partial charge in [0.2, 0.25) is 0 Å². The van der Waals surface area contributed by atoms with Crippen LogP contribution in [-0.2, 0) is 20.6 Å². The maximum absolute atomic E-state index is 12.7. The third-order valence-corrected chi connectivity index (χ3v) is 5.57. The number of nitrogens with zero attached hydrogens (tertiary/aromatic N) is 5. The Balaban J connectivity index is 1.49. The number of rotatable bonds is 5. The first-order valence-electron chi connectivity index (χ1n) is 8.65. The average Bonchev–Trinajstić information content (AvgIpc) is 3.07. The average molecular weight is 381 g/mol. The fourth-order valence-electron chi connectivity index (χ4n) is 3.12. The molecule has 0 saturated heterocycles. The number of benzene rings is 1. The van der Waals surface area contributed by atoms with Gasteiger partial charge in [0.15, 0.2) is 11.2 Å². The Morgan fingerprint density at radius 3 is 2.74 bits per heavy atom. The quantitative estimate of drug-likeness (QED) is 0.391. The first-order chi connectivity index (χ1) is 13.1. The predicted octanol–water partition coefficient (Wildman–Crippen LogP) is 2.16. The Bertz CT molecular complexity index is 1250. The number of aromatic nitrogens is 5. The van der Waals surface area contributed by atoms with E-state index in [0.29, 0.717) is 24.1 Å². The summed E-state index contributed by atoms with van der Waals surface area (Å²) in [5.74, 6) is 0.768. The van der Waals surface area contributed by atoms with Crippen LogP contribution >= 0.6 is 11.8 Å². The van der Waals surface area contributed by atoms with Crippen LogP contribution in [0.5, 0.6) is 0 Å². The first kappa shape index (κ1) is 17.5. The number of pyridine rings is 1. The summed E-state index contributed by atoms with van der Waals surface area (Å²) in [6.45, 7) is 0.368. The molecule has 0 aliphatic rings. The third-order valence-electron chi connectivity index (χ3n) is 4.55. The van der Waals surface area contributed by atoms with Crippen LogP contribution in [0.2, 0.25) is 0 Å². The lowest BCUT2D eigenvalue weighted by Crippen LogP contribution is -2.39. The molecule has 0 spiro atoms. The predicted molar refractivity (Wildman–Crippen MR) is 107 cm³/mol. The summed E-state index contributed by atoms with van der Waals surface area (Å²) in [6, 6.07) is 12.1. The smallest absolute Gasteiger partial charge is 0.328 e.